The second-order valence-electron chi connectivity index (χ2n) is 6.13. The van der Waals surface area contributed by atoms with Crippen molar-refractivity contribution >= 4 is 17.5 Å². The van der Waals surface area contributed by atoms with Crippen LogP contribution in [0.3, 0.4) is 0 Å². The molecule has 2 amide bonds. The molecule has 27 heavy (non-hydrogen) atoms. The Bertz CT molecular complexity index is 902. The number of anilines is 1. The normalized spacial score (nSPS) is 10.4. The van der Waals surface area contributed by atoms with Gasteiger partial charge < -0.3 is 15.1 Å². The van der Waals surface area contributed by atoms with E-state index in [1.54, 1.807) is 6.20 Å². The van der Waals surface area contributed by atoms with Crippen LogP contribution in [0.2, 0.25) is 0 Å². The van der Waals surface area contributed by atoms with Gasteiger partial charge >= 0.3 is 0 Å². The summed E-state index contributed by atoms with van der Waals surface area (Å²) in [6.07, 6.45) is 1.92. The molecule has 3 rings (SSSR count). The third kappa shape index (κ3) is 5.54. The van der Waals surface area contributed by atoms with Crippen molar-refractivity contribution in [3.8, 4) is 11.3 Å². The Hall–Kier alpha value is -3.41. The third-order valence-electron chi connectivity index (χ3n) is 3.97. The van der Waals surface area contributed by atoms with E-state index in [0.29, 0.717) is 12.2 Å². The predicted octanol–water partition coefficient (Wildman–Crippen LogP) is 3.69. The molecule has 0 atom stereocenters. The third-order valence-corrected chi connectivity index (χ3v) is 3.97. The molecule has 0 saturated heterocycles. The smallest absolute Gasteiger partial charge is 0.224 e. The van der Waals surface area contributed by atoms with Crippen LogP contribution in [-0.2, 0) is 16.1 Å². The van der Waals surface area contributed by atoms with Crippen LogP contribution in [0.5, 0.6) is 0 Å². The fraction of sp³-hybridized carbons (Fsp3) is 0.190. The summed E-state index contributed by atoms with van der Waals surface area (Å²) in [6.45, 7) is 2.25. The molecule has 0 spiro atoms. The molecule has 0 aliphatic heterocycles. The van der Waals surface area contributed by atoms with Crippen molar-refractivity contribution in [3.05, 3.63) is 72.2 Å². The molecular formula is C21H21N3O3. The van der Waals surface area contributed by atoms with Crippen molar-refractivity contribution in [1.29, 1.82) is 0 Å². The van der Waals surface area contributed by atoms with Gasteiger partial charge in [0.15, 0.2) is 0 Å². The monoisotopic (exact) mass is 363 g/mol. The number of rotatable bonds is 7. The van der Waals surface area contributed by atoms with E-state index in [4.69, 9.17) is 4.42 Å². The molecule has 1 aromatic carbocycles. The van der Waals surface area contributed by atoms with Crippen LogP contribution < -0.4 is 10.6 Å². The Morgan fingerprint density at radius 2 is 1.74 bits per heavy atom. The summed E-state index contributed by atoms with van der Waals surface area (Å²) in [5.74, 6) is 1.25. The van der Waals surface area contributed by atoms with E-state index in [-0.39, 0.29) is 24.7 Å². The predicted molar refractivity (Wildman–Crippen MR) is 103 cm³/mol. The number of amides is 2. The minimum atomic E-state index is -0.204. The number of hydrogen-bond acceptors (Lipinski definition) is 4. The van der Waals surface area contributed by atoms with Gasteiger partial charge in [-0.3, -0.25) is 14.6 Å². The van der Waals surface area contributed by atoms with Crippen molar-refractivity contribution in [2.24, 2.45) is 0 Å². The first kappa shape index (κ1) is 18.4. The zero-order valence-electron chi connectivity index (χ0n) is 15.1. The Morgan fingerprint density at radius 1 is 0.963 bits per heavy atom. The van der Waals surface area contributed by atoms with Crippen molar-refractivity contribution in [2.45, 2.75) is 26.3 Å². The highest BCUT2D eigenvalue weighted by Gasteiger charge is 2.08. The fourth-order valence-electron chi connectivity index (χ4n) is 2.54. The maximum absolute atomic E-state index is 12.0. The van der Waals surface area contributed by atoms with Crippen molar-refractivity contribution < 1.29 is 14.0 Å². The molecule has 0 fully saturated rings. The molecule has 0 aliphatic rings. The van der Waals surface area contributed by atoms with Gasteiger partial charge in [0.2, 0.25) is 11.8 Å². The van der Waals surface area contributed by atoms with Crippen LogP contribution in [0, 0.1) is 6.92 Å². The number of benzene rings is 1. The summed E-state index contributed by atoms with van der Waals surface area (Å²) in [6, 6.07) is 16.7. The molecule has 0 radical (unpaired) electrons. The zero-order valence-corrected chi connectivity index (χ0v) is 15.1. The Labute approximate surface area is 157 Å². The molecule has 2 N–H and O–H groups in total. The van der Waals surface area contributed by atoms with Gasteiger partial charge in [0.1, 0.15) is 11.5 Å². The van der Waals surface area contributed by atoms with Gasteiger partial charge in [-0.15, -0.1) is 0 Å². The lowest BCUT2D eigenvalue weighted by molar-refractivity contribution is -0.124. The Morgan fingerprint density at radius 3 is 2.41 bits per heavy atom. The van der Waals surface area contributed by atoms with Gasteiger partial charge in [-0.05, 0) is 55.5 Å². The van der Waals surface area contributed by atoms with Gasteiger partial charge in [0, 0.05) is 30.3 Å². The first-order valence-corrected chi connectivity index (χ1v) is 8.73. The van der Waals surface area contributed by atoms with Crippen LogP contribution in [0.1, 0.15) is 24.3 Å². The van der Waals surface area contributed by atoms with Crippen LogP contribution in [-0.4, -0.2) is 16.8 Å². The lowest BCUT2D eigenvalue weighted by atomic mass is 10.1. The number of nitrogens with zero attached hydrogens (tertiary/aromatic N) is 1. The number of carbonyl (C=O) groups is 2. The maximum Gasteiger partial charge on any atom is 0.224 e. The number of aryl methyl sites for hydroxylation is 1. The molecule has 6 heteroatoms. The average molecular weight is 363 g/mol. The highest BCUT2D eigenvalue weighted by molar-refractivity contribution is 5.93. The minimum Gasteiger partial charge on any atom is -0.461 e. The molecule has 0 aliphatic carbocycles. The molecule has 0 bridgehead atoms. The summed E-state index contributed by atoms with van der Waals surface area (Å²) >= 11 is 0. The standard InChI is InChI=1S/C21H21N3O3/c1-15-5-10-19(27-15)16-6-8-17(9-7-16)24-21(26)12-11-20(25)23-14-18-4-2-3-13-22-18/h2-10,13H,11-12,14H2,1H3,(H,23,25)(H,24,26). The summed E-state index contributed by atoms with van der Waals surface area (Å²) in [4.78, 5) is 28.0. The highest BCUT2D eigenvalue weighted by atomic mass is 16.3. The van der Waals surface area contributed by atoms with Crippen LogP contribution in [0.25, 0.3) is 11.3 Å². The first-order valence-electron chi connectivity index (χ1n) is 8.73. The molecule has 0 saturated carbocycles. The second-order valence-corrected chi connectivity index (χ2v) is 6.13. The van der Waals surface area contributed by atoms with Crippen LogP contribution in [0.4, 0.5) is 5.69 Å². The Balaban J connectivity index is 1.43. The van der Waals surface area contributed by atoms with E-state index in [1.807, 2.05) is 61.5 Å². The van der Waals surface area contributed by atoms with Crippen molar-refractivity contribution in [3.63, 3.8) is 0 Å². The van der Waals surface area contributed by atoms with E-state index >= 15 is 0 Å². The van der Waals surface area contributed by atoms with Gasteiger partial charge in [0.25, 0.3) is 0 Å². The van der Waals surface area contributed by atoms with E-state index < -0.39 is 0 Å². The minimum absolute atomic E-state index is 0.118. The van der Waals surface area contributed by atoms with Gasteiger partial charge in [-0.1, -0.05) is 6.07 Å². The SMILES string of the molecule is Cc1ccc(-c2ccc(NC(=O)CCC(=O)NCc3ccccn3)cc2)o1. The molecule has 138 valence electrons. The van der Waals surface area contributed by atoms with E-state index in [0.717, 1.165) is 22.8 Å². The number of carbonyl (C=O) groups excluding carboxylic acids is 2. The fourth-order valence-corrected chi connectivity index (χ4v) is 2.54. The molecule has 2 heterocycles. The second kappa shape index (κ2) is 8.80. The molecule has 0 unspecified atom stereocenters. The summed E-state index contributed by atoms with van der Waals surface area (Å²) in [7, 11) is 0. The summed E-state index contributed by atoms with van der Waals surface area (Å²) < 4.78 is 5.57. The average Bonchev–Trinajstić information content (AvgIpc) is 3.12. The van der Waals surface area contributed by atoms with Crippen molar-refractivity contribution in [2.75, 3.05) is 5.32 Å². The Kier molecular flexibility index (Phi) is 5.99. The number of aromatic nitrogens is 1. The van der Waals surface area contributed by atoms with Crippen molar-refractivity contribution in [1.82, 2.24) is 10.3 Å². The number of furan rings is 1. The molecule has 6 nitrogen and oxygen atoms in total. The lowest BCUT2D eigenvalue weighted by Crippen LogP contribution is -2.24. The molecule has 2 aromatic heterocycles. The van der Waals surface area contributed by atoms with E-state index in [1.165, 1.54) is 0 Å². The molecular weight excluding hydrogens is 342 g/mol. The lowest BCUT2D eigenvalue weighted by Gasteiger charge is -2.07. The van der Waals surface area contributed by atoms with E-state index in [9.17, 15) is 9.59 Å². The quantitative estimate of drug-likeness (QED) is 0.671. The van der Waals surface area contributed by atoms with Gasteiger partial charge in [0.05, 0.1) is 12.2 Å². The zero-order chi connectivity index (χ0) is 19.1. The van der Waals surface area contributed by atoms with Gasteiger partial charge in [-0.2, -0.15) is 0 Å². The topological polar surface area (TPSA) is 84.2 Å². The highest BCUT2D eigenvalue weighted by Crippen LogP contribution is 2.23. The van der Waals surface area contributed by atoms with E-state index in [2.05, 4.69) is 15.6 Å². The molecule has 3 aromatic rings. The largest absolute Gasteiger partial charge is 0.461 e. The van der Waals surface area contributed by atoms with Gasteiger partial charge in [-0.25, -0.2) is 0 Å². The summed E-state index contributed by atoms with van der Waals surface area (Å²) in [5, 5.41) is 5.55. The summed E-state index contributed by atoms with van der Waals surface area (Å²) in [5.41, 5.74) is 2.40. The van der Waals surface area contributed by atoms with Crippen LogP contribution >= 0.6 is 0 Å². The first-order chi connectivity index (χ1) is 13.1. The maximum atomic E-state index is 12.0. The number of hydrogen-bond donors (Lipinski definition) is 2. The van der Waals surface area contributed by atoms with Crippen LogP contribution in [0.15, 0.2) is 65.2 Å². The number of nitrogens with one attached hydrogen (secondary N) is 2. The number of pyridine rings is 1.